The first-order valence-corrected chi connectivity index (χ1v) is 7.09. The summed E-state index contributed by atoms with van der Waals surface area (Å²) in [6, 6.07) is 6.02. The minimum atomic E-state index is 0.245. The molecule has 0 aliphatic heterocycles. The fraction of sp³-hybridized carbons (Fsp3) is 0.250. The molecule has 1 unspecified atom stereocenters. The summed E-state index contributed by atoms with van der Waals surface area (Å²) in [6.45, 7) is 2.14. The Hall–Kier alpha value is -1.07. The highest BCUT2D eigenvalue weighted by atomic mass is 79.9. The van der Waals surface area contributed by atoms with Gasteiger partial charge in [0.1, 0.15) is 5.01 Å². The zero-order valence-corrected chi connectivity index (χ0v) is 11.9. The average molecular weight is 312 g/mol. The molecule has 0 saturated carbocycles. The maximum atomic E-state index is 5.72. The molecule has 2 rings (SSSR count). The van der Waals surface area contributed by atoms with Crippen molar-refractivity contribution in [2.45, 2.75) is 19.4 Å². The Balaban J connectivity index is 2.19. The summed E-state index contributed by atoms with van der Waals surface area (Å²) >= 11 is 5.18. The maximum absolute atomic E-state index is 5.72. The minimum absolute atomic E-state index is 0.245. The van der Waals surface area contributed by atoms with Crippen LogP contribution in [0.3, 0.4) is 0 Å². The van der Waals surface area contributed by atoms with Crippen LogP contribution in [0.2, 0.25) is 0 Å². The lowest BCUT2D eigenvalue weighted by Gasteiger charge is -2.17. The number of nitrogen functional groups attached to an aromatic ring is 1. The predicted molar refractivity (Wildman–Crippen MR) is 77.3 cm³/mol. The van der Waals surface area contributed by atoms with E-state index in [0.29, 0.717) is 0 Å². The normalized spacial score (nSPS) is 12.4. The lowest BCUT2D eigenvalue weighted by atomic mass is 10.2. The molecule has 5 heteroatoms. The average Bonchev–Trinajstić information content (AvgIpc) is 2.81. The number of nitrogens with one attached hydrogen (secondary N) is 1. The molecule has 0 aliphatic rings. The molecular formula is C12H14BrN3S. The summed E-state index contributed by atoms with van der Waals surface area (Å²) in [4.78, 5) is 4.35. The van der Waals surface area contributed by atoms with Crippen LogP contribution in [0.25, 0.3) is 0 Å². The Kier molecular flexibility index (Phi) is 4.02. The monoisotopic (exact) mass is 311 g/mol. The second kappa shape index (κ2) is 5.51. The van der Waals surface area contributed by atoms with Crippen LogP contribution in [0.1, 0.15) is 24.4 Å². The van der Waals surface area contributed by atoms with Crippen molar-refractivity contribution in [2.24, 2.45) is 0 Å². The molecular weight excluding hydrogens is 298 g/mol. The number of benzene rings is 1. The molecule has 0 radical (unpaired) electrons. The molecule has 0 saturated heterocycles. The van der Waals surface area contributed by atoms with E-state index in [1.165, 1.54) is 0 Å². The second-order valence-electron chi connectivity index (χ2n) is 3.71. The first-order chi connectivity index (χ1) is 8.20. The Bertz CT molecular complexity index is 485. The third-order valence-electron chi connectivity index (χ3n) is 2.48. The summed E-state index contributed by atoms with van der Waals surface area (Å²) in [5, 5.41) is 6.58. The van der Waals surface area contributed by atoms with Crippen molar-refractivity contribution in [2.75, 3.05) is 11.1 Å². The van der Waals surface area contributed by atoms with Crippen LogP contribution < -0.4 is 11.1 Å². The van der Waals surface area contributed by atoms with Gasteiger partial charge in [0.15, 0.2) is 0 Å². The van der Waals surface area contributed by atoms with Gasteiger partial charge in [-0.3, -0.25) is 0 Å². The van der Waals surface area contributed by atoms with E-state index in [0.717, 1.165) is 27.3 Å². The van der Waals surface area contributed by atoms with Gasteiger partial charge >= 0.3 is 0 Å². The number of aromatic nitrogens is 1. The largest absolute Gasteiger partial charge is 0.399 e. The van der Waals surface area contributed by atoms with E-state index >= 15 is 0 Å². The molecule has 0 aliphatic carbocycles. The van der Waals surface area contributed by atoms with Gasteiger partial charge in [-0.1, -0.05) is 6.92 Å². The van der Waals surface area contributed by atoms with Crippen LogP contribution in [-0.2, 0) is 0 Å². The third-order valence-corrected chi connectivity index (χ3v) is 4.03. The molecule has 0 bridgehead atoms. The van der Waals surface area contributed by atoms with Crippen molar-refractivity contribution >= 4 is 38.6 Å². The third kappa shape index (κ3) is 2.98. The van der Waals surface area contributed by atoms with E-state index < -0.39 is 0 Å². The molecule has 2 aromatic rings. The van der Waals surface area contributed by atoms with Gasteiger partial charge in [0.2, 0.25) is 0 Å². The van der Waals surface area contributed by atoms with Gasteiger partial charge in [-0.15, -0.1) is 11.3 Å². The molecule has 1 atom stereocenters. The van der Waals surface area contributed by atoms with Gasteiger partial charge in [0.25, 0.3) is 0 Å². The van der Waals surface area contributed by atoms with Crippen molar-refractivity contribution in [3.63, 3.8) is 0 Å². The second-order valence-corrected chi connectivity index (χ2v) is 5.50. The first-order valence-electron chi connectivity index (χ1n) is 5.41. The SMILES string of the molecule is CCC(Nc1ccc(N)cc1Br)c1nccs1. The highest BCUT2D eigenvalue weighted by Gasteiger charge is 2.12. The van der Waals surface area contributed by atoms with Gasteiger partial charge in [-0.2, -0.15) is 0 Å². The number of anilines is 2. The van der Waals surface area contributed by atoms with Crippen molar-refractivity contribution in [3.8, 4) is 0 Å². The van der Waals surface area contributed by atoms with Crippen LogP contribution in [0.15, 0.2) is 34.2 Å². The number of rotatable bonds is 4. The van der Waals surface area contributed by atoms with Gasteiger partial charge in [-0.25, -0.2) is 4.98 Å². The fourth-order valence-corrected chi connectivity index (χ4v) is 2.86. The number of hydrogen-bond acceptors (Lipinski definition) is 4. The molecule has 0 amide bonds. The summed E-state index contributed by atoms with van der Waals surface area (Å²) in [6.07, 6.45) is 2.83. The number of nitrogens with zero attached hydrogens (tertiary/aromatic N) is 1. The Labute approximate surface area is 113 Å². The number of halogens is 1. The smallest absolute Gasteiger partial charge is 0.115 e. The van der Waals surface area contributed by atoms with Crippen molar-refractivity contribution in [1.82, 2.24) is 4.98 Å². The van der Waals surface area contributed by atoms with E-state index in [-0.39, 0.29) is 6.04 Å². The highest BCUT2D eigenvalue weighted by molar-refractivity contribution is 9.10. The van der Waals surface area contributed by atoms with Crippen molar-refractivity contribution in [1.29, 1.82) is 0 Å². The van der Waals surface area contributed by atoms with E-state index in [1.54, 1.807) is 11.3 Å². The number of nitrogens with two attached hydrogens (primary N) is 1. The van der Waals surface area contributed by atoms with Crippen LogP contribution >= 0.6 is 27.3 Å². The molecule has 0 fully saturated rings. The van der Waals surface area contributed by atoms with Gasteiger partial charge in [0, 0.05) is 27.4 Å². The molecule has 1 heterocycles. The quantitative estimate of drug-likeness (QED) is 0.837. The summed E-state index contributed by atoms with van der Waals surface area (Å²) in [7, 11) is 0. The summed E-state index contributed by atoms with van der Waals surface area (Å²) in [5.74, 6) is 0. The Morgan fingerprint density at radius 1 is 1.53 bits per heavy atom. The topological polar surface area (TPSA) is 50.9 Å². The Morgan fingerprint density at radius 2 is 2.35 bits per heavy atom. The van der Waals surface area contributed by atoms with E-state index in [2.05, 4.69) is 33.2 Å². The van der Waals surface area contributed by atoms with Gasteiger partial charge in [-0.05, 0) is 40.5 Å². The number of thiazole rings is 1. The van der Waals surface area contributed by atoms with E-state index in [4.69, 9.17) is 5.73 Å². The standard InChI is InChI=1S/C12H14BrN3S/c1-2-10(12-15-5-6-17-12)16-11-4-3-8(14)7-9(11)13/h3-7,10,16H,2,14H2,1H3. The maximum Gasteiger partial charge on any atom is 0.115 e. The van der Waals surface area contributed by atoms with Crippen molar-refractivity contribution < 1.29 is 0 Å². The summed E-state index contributed by atoms with van der Waals surface area (Å²) in [5.41, 5.74) is 7.51. The zero-order valence-electron chi connectivity index (χ0n) is 9.48. The van der Waals surface area contributed by atoms with Crippen molar-refractivity contribution in [3.05, 3.63) is 39.3 Å². The van der Waals surface area contributed by atoms with Crippen LogP contribution in [0, 0.1) is 0 Å². The fourth-order valence-electron chi connectivity index (χ4n) is 1.58. The van der Waals surface area contributed by atoms with E-state index in [9.17, 15) is 0 Å². The number of hydrogen-bond donors (Lipinski definition) is 2. The van der Waals surface area contributed by atoms with Gasteiger partial charge in [0.05, 0.1) is 6.04 Å². The lowest BCUT2D eigenvalue weighted by molar-refractivity contribution is 0.741. The molecule has 90 valence electrons. The van der Waals surface area contributed by atoms with Crippen LogP contribution in [0.4, 0.5) is 11.4 Å². The lowest BCUT2D eigenvalue weighted by Crippen LogP contribution is -2.09. The molecule has 17 heavy (non-hydrogen) atoms. The summed E-state index contributed by atoms with van der Waals surface area (Å²) < 4.78 is 0.979. The highest BCUT2D eigenvalue weighted by Crippen LogP contribution is 2.30. The molecule has 3 nitrogen and oxygen atoms in total. The minimum Gasteiger partial charge on any atom is -0.399 e. The predicted octanol–water partition coefficient (Wildman–Crippen LogP) is 4.05. The molecule has 0 spiro atoms. The molecule has 1 aromatic carbocycles. The van der Waals surface area contributed by atoms with Crippen LogP contribution in [0.5, 0.6) is 0 Å². The van der Waals surface area contributed by atoms with E-state index in [1.807, 2.05) is 29.8 Å². The first kappa shape index (κ1) is 12.4. The molecule has 3 N–H and O–H groups in total. The van der Waals surface area contributed by atoms with Gasteiger partial charge < -0.3 is 11.1 Å². The Morgan fingerprint density at radius 3 is 2.94 bits per heavy atom. The molecule has 1 aromatic heterocycles. The zero-order chi connectivity index (χ0) is 12.3. The van der Waals surface area contributed by atoms with Crippen LogP contribution in [-0.4, -0.2) is 4.98 Å².